The van der Waals surface area contributed by atoms with Crippen LogP contribution in [-0.2, 0) is 10.9 Å². The number of halogens is 3. The van der Waals surface area contributed by atoms with Crippen LogP contribution in [0, 0.1) is 0 Å². The van der Waals surface area contributed by atoms with Gasteiger partial charge >= 0.3 is 6.18 Å². The standard InChI is InChI=1S/C21H18F3N3O3S/c22-21(23,24)14-5-6-16(27-7-9-29-10-8-27)15(12-14)25-20(31)26-19(28)18-11-13-3-1-2-4-17(13)30-18/h1-6,11-12H,7-10H2,(H2,25,26,28,31). The number of carbonyl (C=O) groups is 1. The summed E-state index contributed by atoms with van der Waals surface area (Å²) in [5.41, 5.74) is 0.403. The number of nitrogens with zero attached hydrogens (tertiary/aromatic N) is 1. The number of carbonyl (C=O) groups excluding carboxylic acids is 1. The predicted molar refractivity (Wildman–Crippen MR) is 114 cm³/mol. The van der Waals surface area contributed by atoms with Gasteiger partial charge in [0.1, 0.15) is 5.58 Å². The molecule has 162 valence electrons. The summed E-state index contributed by atoms with van der Waals surface area (Å²) in [4.78, 5) is 14.4. The summed E-state index contributed by atoms with van der Waals surface area (Å²) in [6, 6.07) is 12.1. The molecule has 31 heavy (non-hydrogen) atoms. The number of alkyl halides is 3. The number of thiocarbonyl (C=S) groups is 1. The third-order valence-corrected chi connectivity index (χ3v) is 5.00. The van der Waals surface area contributed by atoms with Gasteiger partial charge in [0.15, 0.2) is 10.9 Å². The van der Waals surface area contributed by atoms with Crippen LogP contribution >= 0.6 is 12.2 Å². The second kappa shape index (κ2) is 8.56. The van der Waals surface area contributed by atoms with Crippen molar-refractivity contribution in [1.82, 2.24) is 5.32 Å². The summed E-state index contributed by atoms with van der Waals surface area (Å²) in [6.45, 7) is 1.98. The number of hydrogen-bond donors (Lipinski definition) is 2. The van der Waals surface area contributed by atoms with E-state index >= 15 is 0 Å². The van der Waals surface area contributed by atoms with Gasteiger partial charge < -0.3 is 19.4 Å². The van der Waals surface area contributed by atoms with E-state index in [2.05, 4.69) is 10.6 Å². The Kier molecular flexibility index (Phi) is 5.84. The minimum absolute atomic E-state index is 0.0443. The second-order valence-electron chi connectivity index (χ2n) is 6.89. The van der Waals surface area contributed by atoms with Crippen LogP contribution in [0.4, 0.5) is 24.5 Å². The third kappa shape index (κ3) is 4.80. The van der Waals surface area contributed by atoms with Crippen LogP contribution in [0.2, 0.25) is 0 Å². The first-order valence-electron chi connectivity index (χ1n) is 9.46. The highest BCUT2D eigenvalue weighted by Gasteiger charge is 2.32. The molecule has 1 aromatic heterocycles. The number of para-hydroxylation sites is 1. The summed E-state index contributed by atoms with van der Waals surface area (Å²) in [5, 5.41) is 5.80. The van der Waals surface area contributed by atoms with E-state index in [-0.39, 0.29) is 16.6 Å². The zero-order valence-corrected chi connectivity index (χ0v) is 17.0. The van der Waals surface area contributed by atoms with Crippen LogP contribution in [-0.4, -0.2) is 37.3 Å². The molecule has 1 aliphatic heterocycles. The van der Waals surface area contributed by atoms with E-state index in [0.29, 0.717) is 37.6 Å². The minimum atomic E-state index is -4.51. The maximum absolute atomic E-state index is 13.2. The Bertz CT molecular complexity index is 1090. The van der Waals surface area contributed by atoms with E-state index in [1.165, 1.54) is 6.07 Å². The molecule has 0 unspecified atom stereocenters. The molecule has 6 nitrogen and oxygen atoms in total. The Morgan fingerprint density at radius 1 is 1.06 bits per heavy atom. The topological polar surface area (TPSA) is 66.7 Å². The monoisotopic (exact) mass is 449 g/mol. The molecule has 4 rings (SSSR count). The fraction of sp³-hybridized carbons (Fsp3) is 0.238. The van der Waals surface area contributed by atoms with Crippen molar-refractivity contribution in [2.45, 2.75) is 6.18 Å². The number of rotatable bonds is 3. The lowest BCUT2D eigenvalue weighted by atomic mass is 10.1. The Labute approximate surface area is 181 Å². The molecule has 0 radical (unpaired) electrons. The average Bonchev–Trinajstić information content (AvgIpc) is 3.18. The summed E-state index contributed by atoms with van der Waals surface area (Å²) >= 11 is 5.18. The molecular formula is C21H18F3N3O3S. The van der Waals surface area contributed by atoms with E-state index in [9.17, 15) is 18.0 Å². The first kappa shape index (κ1) is 21.1. The molecule has 10 heteroatoms. The maximum atomic E-state index is 13.2. The Morgan fingerprint density at radius 2 is 1.81 bits per heavy atom. The number of furan rings is 1. The molecule has 0 aliphatic carbocycles. The van der Waals surface area contributed by atoms with Gasteiger partial charge in [-0.2, -0.15) is 13.2 Å². The van der Waals surface area contributed by atoms with E-state index < -0.39 is 17.6 Å². The lowest BCUT2D eigenvalue weighted by Gasteiger charge is -2.31. The third-order valence-electron chi connectivity index (χ3n) is 4.80. The number of morpholine rings is 1. The van der Waals surface area contributed by atoms with Gasteiger partial charge in [-0.3, -0.25) is 10.1 Å². The van der Waals surface area contributed by atoms with Crippen molar-refractivity contribution < 1.29 is 27.1 Å². The first-order valence-corrected chi connectivity index (χ1v) is 9.87. The highest BCUT2D eigenvalue weighted by atomic mass is 32.1. The highest BCUT2D eigenvalue weighted by Crippen LogP contribution is 2.35. The zero-order valence-electron chi connectivity index (χ0n) is 16.2. The molecule has 1 fully saturated rings. The molecule has 0 saturated carbocycles. The summed E-state index contributed by atoms with van der Waals surface area (Å²) in [6.07, 6.45) is -4.51. The molecule has 2 aromatic carbocycles. The largest absolute Gasteiger partial charge is 0.451 e. The Morgan fingerprint density at radius 3 is 2.52 bits per heavy atom. The number of nitrogens with one attached hydrogen (secondary N) is 2. The zero-order chi connectivity index (χ0) is 22.0. The van der Waals surface area contributed by atoms with Gasteiger partial charge in [-0.25, -0.2) is 0 Å². The predicted octanol–water partition coefficient (Wildman–Crippen LogP) is 4.42. The number of anilines is 2. The van der Waals surface area contributed by atoms with Gasteiger partial charge in [0, 0.05) is 18.5 Å². The summed E-state index contributed by atoms with van der Waals surface area (Å²) in [7, 11) is 0. The van der Waals surface area contributed by atoms with Crippen LogP contribution in [0.1, 0.15) is 16.1 Å². The molecule has 1 amide bonds. The number of hydrogen-bond acceptors (Lipinski definition) is 5. The molecule has 0 spiro atoms. The summed E-state index contributed by atoms with van der Waals surface area (Å²) < 4.78 is 50.5. The molecule has 0 atom stereocenters. The van der Waals surface area contributed by atoms with Crippen molar-refractivity contribution >= 4 is 45.6 Å². The number of amides is 1. The van der Waals surface area contributed by atoms with Gasteiger partial charge in [-0.1, -0.05) is 18.2 Å². The van der Waals surface area contributed by atoms with Crippen molar-refractivity contribution in [2.75, 3.05) is 36.5 Å². The van der Waals surface area contributed by atoms with Gasteiger partial charge in [-0.15, -0.1) is 0 Å². The van der Waals surface area contributed by atoms with Gasteiger partial charge in [-0.05, 0) is 42.5 Å². The molecule has 2 N–H and O–H groups in total. The van der Waals surface area contributed by atoms with Crippen LogP contribution in [0.25, 0.3) is 11.0 Å². The molecule has 1 saturated heterocycles. The number of fused-ring (bicyclic) bond motifs is 1. The van der Waals surface area contributed by atoms with Crippen molar-refractivity contribution in [1.29, 1.82) is 0 Å². The van der Waals surface area contributed by atoms with E-state index in [1.54, 1.807) is 24.3 Å². The van der Waals surface area contributed by atoms with Gasteiger partial charge in [0.25, 0.3) is 5.91 Å². The summed E-state index contributed by atoms with van der Waals surface area (Å²) in [5.74, 6) is -0.559. The van der Waals surface area contributed by atoms with Crippen LogP contribution in [0.15, 0.2) is 52.9 Å². The Hall–Kier alpha value is -3.11. The Balaban J connectivity index is 1.54. The van der Waals surface area contributed by atoms with Crippen LogP contribution in [0.5, 0.6) is 0 Å². The van der Waals surface area contributed by atoms with Crippen LogP contribution in [0.3, 0.4) is 0 Å². The quantitative estimate of drug-likeness (QED) is 0.578. The normalized spacial score (nSPS) is 14.5. The van der Waals surface area contributed by atoms with Crippen molar-refractivity contribution in [3.8, 4) is 0 Å². The highest BCUT2D eigenvalue weighted by molar-refractivity contribution is 7.80. The second-order valence-corrected chi connectivity index (χ2v) is 7.29. The van der Waals surface area contributed by atoms with E-state index in [0.717, 1.165) is 17.5 Å². The SMILES string of the molecule is O=C(NC(=S)Nc1cc(C(F)(F)F)ccc1N1CCOCC1)c1cc2ccccc2o1. The lowest BCUT2D eigenvalue weighted by Crippen LogP contribution is -2.38. The van der Waals surface area contributed by atoms with Crippen molar-refractivity contribution in [3.63, 3.8) is 0 Å². The number of benzene rings is 2. The fourth-order valence-corrected chi connectivity index (χ4v) is 3.51. The van der Waals surface area contributed by atoms with Gasteiger partial charge in [0.2, 0.25) is 0 Å². The van der Waals surface area contributed by atoms with Crippen molar-refractivity contribution in [3.05, 3.63) is 59.9 Å². The number of ether oxygens (including phenoxy) is 1. The minimum Gasteiger partial charge on any atom is -0.451 e. The molecule has 3 aromatic rings. The molecule has 0 bridgehead atoms. The van der Waals surface area contributed by atoms with E-state index in [1.807, 2.05) is 11.0 Å². The molecular weight excluding hydrogens is 431 g/mol. The smallest absolute Gasteiger partial charge is 0.416 e. The fourth-order valence-electron chi connectivity index (χ4n) is 3.30. The average molecular weight is 449 g/mol. The van der Waals surface area contributed by atoms with Crippen molar-refractivity contribution in [2.24, 2.45) is 0 Å². The lowest BCUT2D eigenvalue weighted by molar-refractivity contribution is -0.137. The van der Waals surface area contributed by atoms with Gasteiger partial charge in [0.05, 0.1) is 30.2 Å². The van der Waals surface area contributed by atoms with E-state index in [4.69, 9.17) is 21.4 Å². The van der Waals surface area contributed by atoms with Crippen LogP contribution < -0.4 is 15.5 Å². The maximum Gasteiger partial charge on any atom is 0.416 e. The molecule has 2 heterocycles. The molecule has 1 aliphatic rings. The first-order chi connectivity index (χ1) is 14.8.